The van der Waals surface area contributed by atoms with Crippen molar-refractivity contribution in [1.29, 1.82) is 0 Å². The highest BCUT2D eigenvalue weighted by molar-refractivity contribution is 6.31. The summed E-state index contributed by atoms with van der Waals surface area (Å²) in [5.41, 5.74) is 1.07. The van der Waals surface area contributed by atoms with E-state index in [9.17, 15) is 4.79 Å². The molecule has 0 radical (unpaired) electrons. The van der Waals surface area contributed by atoms with Crippen molar-refractivity contribution in [3.05, 3.63) is 34.9 Å². The van der Waals surface area contributed by atoms with Gasteiger partial charge in [0.05, 0.1) is 12.6 Å². The first-order valence-electron chi connectivity index (χ1n) is 8.61. The van der Waals surface area contributed by atoms with Crippen LogP contribution >= 0.6 is 36.4 Å². The summed E-state index contributed by atoms with van der Waals surface area (Å²) < 4.78 is 0. The van der Waals surface area contributed by atoms with Crippen molar-refractivity contribution in [2.45, 2.75) is 32.7 Å². The van der Waals surface area contributed by atoms with Crippen molar-refractivity contribution in [3.63, 3.8) is 0 Å². The van der Waals surface area contributed by atoms with Gasteiger partial charge in [-0.2, -0.15) is 0 Å². The Bertz CT molecular complexity index is 508. The third-order valence-electron chi connectivity index (χ3n) is 4.43. The molecule has 1 aromatic carbocycles. The van der Waals surface area contributed by atoms with Crippen LogP contribution < -0.4 is 10.6 Å². The molecule has 0 heterocycles. The maximum absolute atomic E-state index is 12.0. The van der Waals surface area contributed by atoms with Gasteiger partial charge >= 0.3 is 0 Å². The summed E-state index contributed by atoms with van der Waals surface area (Å²) in [5.74, 6) is 0.837. The van der Waals surface area contributed by atoms with Crippen molar-refractivity contribution in [1.82, 2.24) is 15.5 Å². The van der Waals surface area contributed by atoms with Crippen LogP contribution in [0.3, 0.4) is 0 Å². The molecule has 25 heavy (non-hydrogen) atoms. The molecular weight excluding hydrogens is 381 g/mol. The molecule has 1 fully saturated rings. The first-order valence-corrected chi connectivity index (χ1v) is 8.99. The molecule has 144 valence electrons. The van der Waals surface area contributed by atoms with E-state index in [4.69, 9.17) is 11.6 Å². The van der Waals surface area contributed by atoms with Gasteiger partial charge in [-0.05, 0) is 50.0 Å². The van der Waals surface area contributed by atoms with Gasteiger partial charge in [0.2, 0.25) is 5.91 Å². The number of benzene rings is 1. The zero-order valence-corrected chi connectivity index (χ0v) is 17.4. The van der Waals surface area contributed by atoms with E-state index in [1.807, 2.05) is 24.3 Å². The Morgan fingerprint density at radius 3 is 2.44 bits per heavy atom. The van der Waals surface area contributed by atoms with E-state index in [2.05, 4.69) is 29.4 Å². The van der Waals surface area contributed by atoms with Crippen LogP contribution in [0.5, 0.6) is 0 Å². The molecular formula is C18H30Cl3N3O. The van der Waals surface area contributed by atoms with E-state index in [0.717, 1.165) is 36.1 Å². The van der Waals surface area contributed by atoms with E-state index in [1.165, 1.54) is 12.8 Å². The van der Waals surface area contributed by atoms with Crippen molar-refractivity contribution in [3.8, 4) is 0 Å². The Labute approximate surface area is 168 Å². The second-order valence-electron chi connectivity index (χ2n) is 6.14. The van der Waals surface area contributed by atoms with Crippen LogP contribution in [0.1, 0.15) is 38.3 Å². The zero-order chi connectivity index (χ0) is 16.7. The Balaban J connectivity index is 0.00000288. The van der Waals surface area contributed by atoms with Crippen LogP contribution in [0.15, 0.2) is 24.3 Å². The van der Waals surface area contributed by atoms with E-state index in [1.54, 1.807) is 0 Å². The summed E-state index contributed by atoms with van der Waals surface area (Å²) in [6.45, 7) is 8.03. The number of nitrogens with one attached hydrogen (secondary N) is 2. The number of carbonyl (C=O) groups is 1. The van der Waals surface area contributed by atoms with E-state index in [-0.39, 0.29) is 36.8 Å². The van der Waals surface area contributed by atoms with Gasteiger partial charge in [0.15, 0.2) is 0 Å². The minimum atomic E-state index is 0. The topological polar surface area (TPSA) is 44.4 Å². The minimum absolute atomic E-state index is 0. The van der Waals surface area contributed by atoms with Crippen molar-refractivity contribution >= 4 is 42.3 Å². The minimum Gasteiger partial charge on any atom is -0.353 e. The fourth-order valence-corrected chi connectivity index (χ4v) is 3.09. The van der Waals surface area contributed by atoms with Crippen LogP contribution in [-0.4, -0.2) is 43.5 Å². The normalized spacial score (nSPS) is 14.4. The van der Waals surface area contributed by atoms with Gasteiger partial charge in [0.25, 0.3) is 0 Å². The van der Waals surface area contributed by atoms with Crippen LogP contribution in [0.2, 0.25) is 5.02 Å². The molecule has 1 unspecified atom stereocenters. The standard InChI is InChI=1S/C18H28ClN3O.2ClH/c1-3-22(4-2)17(15-7-5-6-8-16(15)19)12-21-18(23)13-20-11-14-9-10-14;;/h5-8,14,17,20H,3-4,9-13H2,1-2H3,(H,21,23);2*1H. The molecule has 2 rings (SSSR count). The van der Waals surface area contributed by atoms with E-state index in [0.29, 0.717) is 13.1 Å². The summed E-state index contributed by atoms with van der Waals surface area (Å²) in [5, 5.41) is 7.03. The van der Waals surface area contributed by atoms with Crippen LogP contribution in [0, 0.1) is 5.92 Å². The van der Waals surface area contributed by atoms with Crippen LogP contribution in [-0.2, 0) is 4.79 Å². The number of amides is 1. The first-order chi connectivity index (χ1) is 11.2. The van der Waals surface area contributed by atoms with Gasteiger partial charge < -0.3 is 10.6 Å². The Morgan fingerprint density at radius 2 is 1.88 bits per heavy atom. The van der Waals surface area contributed by atoms with Gasteiger partial charge in [-0.3, -0.25) is 9.69 Å². The zero-order valence-electron chi connectivity index (χ0n) is 15.0. The quantitative estimate of drug-likeness (QED) is 0.618. The highest BCUT2D eigenvalue weighted by Gasteiger charge is 2.22. The number of carbonyl (C=O) groups excluding carboxylic acids is 1. The van der Waals surface area contributed by atoms with Gasteiger partial charge in [-0.1, -0.05) is 43.6 Å². The van der Waals surface area contributed by atoms with Crippen LogP contribution in [0.4, 0.5) is 0 Å². The molecule has 0 spiro atoms. The summed E-state index contributed by atoms with van der Waals surface area (Å²) in [7, 11) is 0. The second-order valence-corrected chi connectivity index (χ2v) is 6.54. The lowest BCUT2D eigenvalue weighted by Crippen LogP contribution is -2.41. The van der Waals surface area contributed by atoms with Crippen molar-refractivity contribution < 1.29 is 4.79 Å². The van der Waals surface area contributed by atoms with Crippen molar-refractivity contribution in [2.24, 2.45) is 5.92 Å². The van der Waals surface area contributed by atoms with Crippen LogP contribution in [0.25, 0.3) is 0 Å². The average molecular weight is 411 g/mol. The highest BCUT2D eigenvalue weighted by atomic mass is 35.5. The van der Waals surface area contributed by atoms with Gasteiger partial charge in [-0.25, -0.2) is 0 Å². The second kappa shape index (κ2) is 12.8. The van der Waals surface area contributed by atoms with Gasteiger partial charge in [-0.15, -0.1) is 24.8 Å². The number of rotatable bonds is 10. The molecule has 2 N–H and O–H groups in total. The number of halogens is 3. The number of hydrogen-bond acceptors (Lipinski definition) is 3. The lowest BCUT2D eigenvalue weighted by Gasteiger charge is -2.31. The molecule has 0 aliphatic heterocycles. The molecule has 1 aliphatic rings. The fraction of sp³-hybridized carbons (Fsp3) is 0.611. The molecule has 1 aromatic rings. The molecule has 0 bridgehead atoms. The smallest absolute Gasteiger partial charge is 0.234 e. The average Bonchev–Trinajstić information content (AvgIpc) is 3.36. The largest absolute Gasteiger partial charge is 0.353 e. The summed E-state index contributed by atoms with van der Waals surface area (Å²) in [6, 6.07) is 7.99. The summed E-state index contributed by atoms with van der Waals surface area (Å²) in [6.07, 6.45) is 2.59. The molecule has 1 atom stereocenters. The van der Waals surface area contributed by atoms with E-state index >= 15 is 0 Å². The molecule has 7 heteroatoms. The lowest BCUT2D eigenvalue weighted by atomic mass is 10.0. The number of likely N-dealkylation sites (N-methyl/N-ethyl adjacent to an activating group) is 1. The van der Waals surface area contributed by atoms with Gasteiger partial charge in [0, 0.05) is 11.6 Å². The maximum atomic E-state index is 12.0. The fourth-order valence-electron chi connectivity index (χ4n) is 2.83. The molecule has 1 saturated carbocycles. The number of hydrogen-bond donors (Lipinski definition) is 2. The Kier molecular flexibility index (Phi) is 12.5. The van der Waals surface area contributed by atoms with Crippen molar-refractivity contribution in [2.75, 3.05) is 32.7 Å². The molecule has 1 amide bonds. The SMILES string of the molecule is CCN(CC)C(CNC(=O)CNCC1CC1)c1ccccc1Cl.Cl.Cl. The molecule has 0 saturated heterocycles. The molecule has 4 nitrogen and oxygen atoms in total. The van der Waals surface area contributed by atoms with E-state index < -0.39 is 0 Å². The van der Waals surface area contributed by atoms with Gasteiger partial charge in [0.1, 0.15) is 0 Å². The Morgan fingerprint density at radius 1 is 1.24 bits per heavy atom. The summed E-state index contributed by atoms with van der Waals surface area (Å²) >= 11 is 6.37. The Hall–Kier alpha value is -0.520. The predicted octanol–water partition coefficient (Wildman–Crippen LogP) is 3.68. The predicted molar refractivity (Wildman–Crippen MR) is 110 cm³/mol. The summed E-state index contributed by atoms with van der Waals surface area (Å²) in [4.78, 5) is 14.4. The third-order valence-corrected chi connectivity index (χ3v) is 4.77. The first kappa shape index (κ1) is 24.5. The highest BCUT2D eigenvalue weighted by Crippen LogP contribution is 2.28. The molecule has 0 aromatic heterocycles. The lowest BCUT2D eigenvalue weighted by molar-refractivity contribution is -0.120. The number of nitrogens with zero attached hydrogens (tertiary/aromatic N) is 1. The monoisotopic (exact) mass is 409 g/mol. The maximum Gasteiger partial charge on any atom is 0.234 e. The third kappa shape index (κ3) is 8.14. The molecule has 1 aliphatic carbocycles.